The van der Waals surface area contributed by atoms with Crippen LogP contribution in [0.1, 0.15) is 0 Å². The maximum Gasteiger partial charge on any atom is 0.455 e. The van der Waals surface area contributed by atoms with Gasteiger partial charge in [-0.3, -0.25) is 27.1 Å². The van der Waals surface area contributed by atoms with Gasteiger partial charge in [0.25, 0.3) is 0 Å². The van der Waals surface area contributed by atoms with Crippen LogP contribution in [0.3, 0.4) is 0 Å². The molecular weight excluding hydrogens is 1260 g/mol. The molecule has 0 amide bonds. The first-order valence-corrected chi connectivity index (χ1v) is 21.4. The van der Waals surface area contributed by atoms with Crippen LogP contribution in [-0.4, -0.2) is 149 Å². The molecule has 75 heavy (non-hydrogen) atoms. The summed E-state index contributed by atoms with van der Waals surface area (Å²) in [7, 11) is -25.7. The summed E-state index contributed by atoms with van der Waals surface area (Å²) in [4.78, 5) is 0. The van der Waals surface area contributed by atoms with Crippen LogP contribution in [0.25, 0.3) is 0 Å². The fraction of sp³-hybridized carbons (Fsp3) is 1.00. The van der Waals surface area contributed by atoms with Gasteiger partial charge in [-0.2, -0.15) is 145 Å². The van der Waals surface area contributed by atoms with Crippen molar-refractivity contribution in [2.45, 2.75) is 109 Å². The zero-order valence-electron chi connectivity index (χ0n) is 33.3. The Morgan fingerprint density at radius 1 is 0.240 bits per heavy atom. The van der Waals surface area contributed by atoms with E-state index in [0.29, 0.717) is 0 Å². The minimum atomic E-state index is -8.55. The van der Waals surface area contributed by atoms with Crippen LogP contribution in [0.15, 0.2) is 13.5 Å². The van der Waals surface area contributed by atoms with E-state index in [9.17, 15) is 171 Å². The van der Waals surface area contributed by atoms with Crippen LogP contribution in [-0.2, 0) is 27.1 Å². The van der Waals surface area contributed by atoms with Gasteiger partial charge in [-0.15, -0.1) is 13.5 Å². The zero-order valence-corrected chi connectivity index (χ0v) is 36.0. The van der Waals surface area contributed by atoms with Crippen molar-refractivity contribution in [1.29, 1.82) is 0 Å². The first-order valence-electron chi connectivity index (χ1n) is 16.8. The van der Waals surface area contributed by atoms with E-state index in [1.165, 1.54) is 0 Å². The van der Waals surface area contributed by atoms with E-state index in [4.69, 9.17) is 0 Å². The molecule has 1 rings (SSSR count). The SMILES string of the molecule is FC(F)C(F)(F)C(F)(F)C(F)(F)COP1(OCC(F)(F)C(F)(F)F)=NP(OCC(F)(F)C(F)(F)F)(OCC(F)(F)C(F)(F)C(F)(F)C(F)F)=NP(OCC(F)(F)C(F)(F)F)(OCC(F)(F)C(F)(F)C(F)(F)C(F)F)=N1. The summed E-state index contributed by atoms with van der Waals surface area (Å²) < 4.78 is 562. The van der Waals surface area contributed by atoms with E-state index in [2.05, 4.69) is 27.1 Å². The molecule has 1 aliphatic rings. The highest BCUT2D eigenvalue weighted by Gasteiger charge is 2.78. The van der Waals surface area contributed by atoms with Gasteiger partial charge in [0.2, 0.25) is 0 Å². The van der Waals surface area contributed by atoms with Crippen molar-refractivity contribution >= 4 is 23.0 Å². The number of rotatable bonds is 27. The van der Waals surface area contributed by atoms with E-state index < -0.39 is 171 Å². The summed E-state index contributed by atoms with van der Waals surface area (Å²) in [5.41, 5.74) is 0. The van der Waals surface area contributed by atoms with E-state index in [0.717, 1.165) is 0 Å². The third-order valence-corrected chi connectivity index (χ3v) is 16.1. The van der Waals surface area contributed by atoms with Crippen molar-refractivity contribution in [3.05, 3.63) is 0 Å². The summed E-state index contributed by atoms with van der Waals surface area (Å²) in [6.07, 6.45) is -41.1. The molecule has 1 heterocycles. The molecular formula is C24H15F39N3O6P3. The van der Waals surface area contributed by atoms with E-state index in [1.807, 2.05) is 0 Å². The third kappa shape index (κ3) is 14.2. The normalized spacial score (nSPS) is 22.5. The maximum absolute atomic E-state index is 14.8. The summed E-state index contributed by atoms with van der Waals surface area (Å²) in [6, 6.07) is 0. The Morgan fingerprint density at radius 2 is 0.373 bits per heavy atom. The van der Waals surface area contributed by atoms with Crippen LogP contribution in [0.4, 0.5) is 171 Å². The summed E-state index contributed by atoms with van der Waals surface area (Å²) in [5, 5.41) is 0. The molecule has 51 heteroatoms. The molecule has 0 aliphatic carbocycles. The predicted molar refractivity (Wildman–Crippen MR) is 159 cm³/mol. The fourth-order valence-electron chi connectivity index (χ4n) is 3.55. The number of nitrogens with zero attached hydrogens (tertiary/aromatic N) is 3. The Bertz CT molecular complexity index is 1890. The average Bonchev–Trinajstić information content (AvgIpc) is 3.20. The summed E-state index contributed by atoms with van der Waals surface area (Å²) in [5.74, 6) is -91.6. The summed E-state index contributed by atoms with van der Waals surface area (Å²) in [6.45, 7) is -27.3. The lowest BCUT2D eigenvalue weighted by molar-refractivity contribution is -0.342. The Kier molecular flexibility index (Phi) is 20.1. The monoisotopic (exact) mass is 1270 g/mol. The molecule has 0 aromatic heterocycles. The largest absolute Gasteiger partial charge is 0.455 e. The first-order chi connectivity index (χ1) is 32.4. The lowest BCUT2D eigenvalue weighted by Gasteiger charge is -2.38. The van der Waals surface area contributed by atoms with Gasteiger partial charge in [0, 0.05) is 0 Å². The van der Waals surface area contributed by atoms with Crippen molar-refractivity contribution in [2.24, 2.45) is 13.5 Å². The average molecular weight is 1280 g/mol. The molecule has 1 aliphatic heterocycles. The third-order valence-electron chi connectivity index (χ3n) is 7.86. The second-order valence-corrected chi connectivity index (χ2v) is 20.2. The highest BCUT2D eigenvalue weighted by Crippen LogP contribution is 2.82. The van der Waals surface area contributed by atoms with Crippen LogP contribution in [0, 0.1) is 0 Å². The lowest BCUT2D eigenvalue weighted by atomic mass is 10.1. The van der Waals surface area contributed by atoms with Gasteiger partial charge in [-0.1, -0.05) is 0 Å². The zero-order chi connectivity index (χ0) is 60.3. The molecule has 0 radical (unpaired) electrons. The molecule has 0 atom stereocenters. The predicted octanol–water partition coefficient (Wildman–Crippen LogP) is 16.0. The van der Waals surface area contributed by atoms with Gasteiger partial charge >= 0.3 is 132 Å². The highest BCUT2D eigenvalue weighted by molar-refractivity contribution is 7.78. The standard InChI is InChI=1S/C24H15F39N3O6P3/c25-7(26)16(43,44)19(49,50)10(31,32)1-67-73(70-4-13(37,38)22(55,56)57)64-74(71-5-14(39,40)23(58,59)60,68-2-11(33,34)20(51,52)17(45,46)8(27)28)66-75(65-73,72-6-15(41,42)24(61,62)63)69-3-12(35,36)21(53,54)18(47,48)9(29)30/h7-9H,1-6H2. The first kappa shape index (κ1) is 70.7. The van der Waals surface area contributed by atoms with E-state index in [1.54, 1.807) is 13.5 Å². The lowest BCUT2D eigenvalue weighted by Crippen LogP contribution is -2.59. The highest BCUT2D eigenvalue weighted by atomic mass is 31.3. The van der Waals surface area contributed by atoms with Crippen LogP contribution >= 0.6 is 23.0 Å². The fourth-order valence-corrected chi connectivity index (χ4v) is 13.1. The Balaban J connectivity index is 5.20. The minimum Gasteiger partial charge on any atom is -0.300 e. The number of hydrogen-bond donors (Lipinski definition) is 0. The topological polar surface area (TPSA) is 92.5 Å². The maximum atomic E-state index is 14.8. The van der Waals surface area contributed by atoms with E-state index in [-0.39, 0.29) is 0 Å². The second-order valence-electron chi connectivity index (χ2n) is 13.6. The molecule has 450 valence electrons. The van der Waals surface area contributed by atoms with Crippen molar-refractivity contribution in [3.8, 4) is 0 Å². The molecule has 0 bridgehead atoms. The van der Waals surface area contributed by atoms with Gasteiger partial charge < -0.3 is 0 Å². The molecule has 0 aromatic carbocycles. The Labute approximate surface area is 384 Å². The Morgan fingerprint density at radius 3 is 0.493 bits per heavy atom. The quantitative estimate of drug-likeness (QED) is 0.0601. The van der Waals surface area contributed by atoms with Crippen LogP contribution in [0.5, 0.6) is 0 Å². The number of halogens is 39. The molecule has 0 spiro atoms. The van der Waals surface area contributed by atoms with Gasteiger partial charge in [0.15, 0.2) is 0 Å². The molecule has 9 nitrogen and oxygen atoms in total. The van der Waals surface area contributed by atoms with Gasteiger partial charge in [-0.25, -0.2) is 26.3 Å². The van der Waals surface area contributed by atoms with Gasteiger partial charge in [-0.05, 0) is 0 Å². The van der Waals surface area contributed by atoms with Gasteiger partial charge in [0.1, 0.15) is 39.6 Å². The van der Waals surface area contributed by atoms with Crippen molar-refractivity contribution in [1.82, 2.24) is 0 Å². The van der Waals surface area contributed by atoms with Crippen molar-refractivity contribution in [3.63, 3.8) is 0 Å². The minimum absolute atomic E-state index is 1.70. The Hall–Kier alpha value is -2.28. The molecule has 0 fully saturated rings. The van der Waals surface area contributed by atoms with E-state index >= 15 is 0 Å². The second kappa shape index (κ2) is 21.3. The van der Waals surface area contributed by atoms with Crippen LogP contribution in [0.2, 0.25) is 0 Å². The molecule has 0 saturated heterocycles. The van der Waals surface area contributed by atoms with Gasteiger partial charge in [0.05, 0.1) is 0 Å². The van der Waals surface area contributed by atoms with Crippen LogP contribution < -0.4 is 0 Å². The summed E-state index contributed by atoms with van der Waals surface area (Å²) >= 11 is 0. The smallest absolute Gasteiger partial charge is 0.300 e. The van der Waals surface area contributed by atoms with Crippen molar-refractivity contribution in [2.75, 3.05) is 39.6 Å². The number of alkyl halides is 39. The molecule has 0 saturated carbocycles. The molecule has 0 aromatic rings. The molecule has 0 N–H and O–H groups in total. The molecule has 0 unspecified atom stereocenters. The van der Waals surface area contributed by atoms with Crippen molar-refractivity contribution < 1.29 is 198 Å². The number of hydrogen-bond acceptors (Lipinski definition) is 9.